The Labute approximate surface area is 48.3 Å². The standard InChI is InChI=1S/C3H2F3N3/c4-3(5,6)2-7-1-8-9-2/h1-2H. The Bertz CT molecular complexity index is 146. The Morgan fingerprint density at radius 1 is 1.33 bits per heavy atom. The van der Waals surface area contributed by atoms with Crippen LogP contribution in [0.25, 0.3) is 0 Å². The lowest BCUT2D eigenvalue weighted by molar-refractivity contribution is -0.144. The molecule has 0 saturated carbocycles. The Balaban J connectivity index is 2.64. The van der Waals surface area contributed by atoms with Gasteiger partial charge in [-0.1, -0.05) is 0 Å². The van der Waals surface area contributed by atoms with Gasteiger partial charge in [0.15, 0.2) is 0 Å². The average molecular weight is 137 g/mol. The first-order valence-electron chi connectivity index (χ1n) is 2.09. The predicted molar refractivity (Wildman–Crippen MR) is 23.2 cm³/mol. The van der Waals surface area contributed by atoms with E-state index in [-0.39, 0.29) is 0 Å². The molecule has 0 radical (unpaired) electrons. The second-order valence-corrected chi connectivity index (χ2v) is 1.41. The number of rotatable bonds is 0. The van der Waals surface area contributed by atoms with Gasteiger partial charge >= 0.3 is 6.18 Å². The monoisotopic (exact) mass is 137 g/mol. The van der Waals surface area contributed by atoms with E-state index >= 15 is 0 Å². The minimum Gasteiger partial charge on any atom is -0.233 e. The first-order valence-corrected chi connectivity index (χ1v) is 2.09. The van der Waals surface area contributed by atoms with Gasteiger partial charge in [-0.25, -0.2) is 4.99 Å². The number of alkyl halides is 3. The lowest BCUT2D eigenvalue weighted by Crippen LogP contribution is -2.22. The maximum Gasteiger partial charge on any atom is 0.432 e. The molecule has 3 nitrogen and oxygen atoms in total. The average Bonchev–Trinajstić information content (AvgIpc) is 2.08. The van der Waals surface area contributed by atoms with Gasteiger partial charge < -0.3 is 0 Å². The summed E-state index contributed by atoms with van der Waals surface area (Å²) in [5, 5.41) is 5.73. The molecular formula is C3H2F3N3. The summed E-state index contributed by atoms with van der Waals surface area (Å²) in [5.74, 6) is 0. The third kappa shape index (κ3) is 1.24. The second kappa shape index (κ2) is 1.78. The Kier molecular flexibility index (Phi) is 1.22. The molecular weight excluding hydrogens is 135 g/mol. The van der Waals surface area contributed by atoms with Crippen molar-refractivity contribution >= 4 is 6.34 Å². The molecule has 1 rings (SSSR count). The maximum absolute atomic E-state index is 11.5. The van der Waals surface area contributed by atoms with Crippen molar-refractivity contribution in [2.24, 2.45) is 15.2 Å². The number of nitrogens with zero attached hydrogens (tertiary/aromatic N) is 3. The van der Waals surface area contributed by atoms with Crippen LogP contribution < -0.4 is 0 Å². The molecule has 0 fully saturated rings. The zero-order valence-corrected chi connectivity index (χ0v) is 4.13. The Morgan fingerprint density at radius 3 is 2.22 bits per heavy atom. The van der Waals surface area contributed by atoms with Crippen LogP contribution in [0, 0.1) is 0 Å². The topological polar surface area (TPSA) is 37.1 Å². The van der Waals surface area contributed by atoms with Crippen LogP contribution in [0.2, 0.25) is 0 Å². The summed E-state index contributed by atoms with van der Waals surface area (Å²) in [5.41, 5.74) is 0. The molecule has 0 saturated heterocycles. The van der Waals surface area contributed by atoms with Crippen LogP contribution in [0.4, 0.5) is 13.2 Å². The van der Waals surface area contributed by atoms with Crippen LogP contribution in [0.5, 0.6) is 0 Å². The van der Waals surface area contributed by atoms with Crippen LogP contribution in [-0.2, 0) is 0 Å². The number of hydrogen-bond donors (Lipinski definition) is 0. The van der Waals surface area contributed by atoms with Crippen molar-refractivity contribution in [2.75, 3.05) is 0 Å². The third-order valence-electron chi connectivity index (χ3n) is 0.728. The van der Waals surface area contributed by atoms with Gasteiger partial charge in [0.2, 0.25) is 0 Å². The zero-order chi connectivity index (χ0) is 6.91. The van der Waals surface area contributed by atoms with Gasteiger partial charge in [-0.15, -0.1) is 5.11 Å². The molecule has 9 heavy (non-hydrogen) atoms. The smallest absolute Gasteiger partial charge is 0.233 e. The van der Waals surface area contributed by atoms with E-state index in [9.17, 15) is 13.2 Å². The fraction of sp³-hybridized carbons (Fsp3) is 0.667. The molecule has 0 bridgehead atoms. The van der Waals surface area contributed by atoms with E-state index in [1.54, 1.807) is 0 Å². The quantitative estimate of drug-likeness (QED) is 0.483. The molecule has 1 atom stereocenters. The van der Waals surface area contributed by atoms with Crippen LogP contribution in [0.15, 0.2) is 15.2 Å². The fourth-order valence-electron chi connectivity index (χ4n) is 0.366. The number of hydrogen-bond acceptors (Lipinski definition) is 3. The van der Waals surface area contributed by atoms with E-state index < -0.39 is 12.3 Å². The molecule has 0 aromatic heterocycles. The molecule has 0 aliphatic carbocycles. The molecule has 1 unspecified atom stereocenters. The van der Waals surface area contributed by atoms with Gasteiger partial charge in [0.25, 0.3) is 6.17 Å². The number of halogens is 3. The van der Waals surface area contributed by atoms with Crippen molar-refractivity contribution in [3.63, 3.8) is 0 Å². The highest BCUT2D eigenvalue weighted by Gasteiger charge is 2.40. The fourth-order valence-corrected chi connectivity index (χ4v) is 0.366. The molecule has 0 amide bonds. The van der Waals surface area contributed by atoms with Crippen LogP contribution >= 0.6 is 0 Å². The Morgan fingerprint density at radius 2 is 2.00 bits per heavy atom. The number of aliphatic imine (C=N–C) groups is 1. The van der Waals surface area contributed by atoms with Crippen LogP contribution in [-0.4, -0.2) is 18.7 Å². The van der Waals surface area contributed by atoms with Gasteiger partial charge in [0, 0.05) is 0 Å². The van der Waals surface area contributed by atoms with Crippen molar-refractivity contribution in [1.82, 2.24) is 0 Å². The third-order valence-corrected chi connectivity index (χ3v) is 0.728. The maximum atomic E-state index is 11.5. The van der Waals surface area contributed by atoms with E-state index in [1.165, 1.54) is 0 Å². The van der Waals surface area contributed by atoms with E-state index in [2.05, 4.69) is 15.2 Å². The number of azo groups is 1. The summed E-state index contributed by atoms with van der Waals surface area (Å²) in [7, 11) is 0. The molecule has 1 aliphatic heterocycles. The van der Waals surface area contributed by atoms with E-state index in [0.29, 0.717) is 0 Å². The summed E-state index contributed by atoms with van der Waals surface area (Å²) >= 11 is 0. The highest BCUT2D eigenvalue weighted by atomic mass is 19.4. The summed E-state index contributed by atoms with van der Waals surface area (Å²) in [4.78, 5) is 2.92. The molecule has 0 N–H and O–H groups in total. The van der Waals surface area contributed by atoms with Crippen molar-refractivity contribution in [3.05, 3.63) is 0 Å². The van der Waals surface area contributed by atoms with E-state index in [0.717, 1.165) is 6.34 Å². The minimum absolute atomic E-state index is 0.790. The summed E-state index contributed by atoms with van der Waals surface area (Å²) in [6, 6.07) is 0. The molecule has 0 aromatic rings. The van der Waals surface area contributed by atoms with Gasteiger partial charge in [0.05, 0.1) is 0 Å². The summed E-state index contributed by atoms with van der Waals surface area (Å²) in [6.07, 6.45) is -5.55. The van der Waals surface area contributed by atoms with Gasteiger partial charge in [-0.3, -0.25) is 0 Å². The van der Waals surface area contributed by atoms with Crippen LogP contribution in [0.3, 0.4) is 0 Å². The van der Waals surface area contributed by atoms with E-state index in [1.807, 2.05) is 0 Å². The highest BCUT2D eigenvalue weighted by Crippen LogP contribution is 2.25. The lowest BCUT2D eigenvalue weighted by Gasteiger charge is -2.05. The molecule has 0 aromatic carbocycles. The zero-order valence-electron chi connectivity index (χ0n) is 4.13. The Hall–Kier alpha value is -0.940. The van der Waals surface area contributed by atoms with Gasteiger partial charge in [-0.2, -0.15) is 18.3 Å². The normalized spacial score (nSPS) is 25.4. The largest absolute Gasteiger partial charge is 0.432 e. The molecule has 0 spiro atoms. The predicted octanol–water partition coefficient (Wildman–Crippen LogP) is 1.37. The summed E-state index contributed by atoms with van der Waals surface area (Å²) in [6.45, 7) is 0. The van der Waals surface area contributed by atoms with Gasteiger partial charge in [0.1, 0.15) is 6.34 Å². The van der Waals surface area contributed by atoms with Gasteiger partial charge in [-0.05, 0) is 0 Å². The SMILES string of the molecule is FC(F)(F)C1N=CN=N1. The lowest BCUT2D eigenvalue weighted by atomic mass is 10.5. The second-order valence-electron chi connectivity index (χ2n) is 1.41. The van der Waals surface area contributed by atoms with E-state index in [4.69, 9.17) is 0 Å². The van der Waals surface area contributed by atoms with Crippen molar-refractivity contribution < 1.29 is 13.2 Å². The first-order chi connectivity index (χ1) is 4.11. The van der Waals surface area contributed by atoms with Crippen molar-refractivity contribution in [3.8, 4) is 0 Å². The minimum atomic E-state index is -4.38. The molecule has 50 valence electrons. The van der Waals surface area contributed by atoms with Crippen LogP contribution in [0.1, 0.15) is 0 Å². The molecule has 6 heteroatoms. The molecule has 1 aliphatic rings. The van der Waals surface area contributed by atoms with Crippen molar-refractivity contribution in [1.29, 1.82) is 0 Å². The van der Waals surface area contributed by atoms with Crippen molar-refractivity contribution in [2.45, 2.75) is 12.3 Å². The summed E-state index contributed by atoms with van der Waals surface area (Å²) < 4.78 is 34.5. The highest BCUT2D eigenvalue weighted by molar-refractivity contribution is 5.56. The first kappa shape index (κ1) is 6.18. The molecule has 1 heterocycles.